The van der Waals surface area contributed by atoms with Crippen molar-refractivity contribution in [2.45, 2.75) is 32.1 Å². The second-order valence-electron chi connectivity index (χ2n) is 7.39. The molecule has 0 saturated heterocycles. The zero-order valence-corrected chi connectivity index (χ0v) is 17.3. The summed E-state index contributed by atoms with van der Waals surface area (Å²) < 4.78 is 19.1. The third-order valence-electron chi connectivity index (χ3n) is 5.58. The van der Waals surface area contributed by atoms with Gasteiger partial charge in [-0.05, 0) is 49.9 Å². The van der Waals surface area contributed by atoms with E-state index in [2.05, 4.69) is 14.9 Å². The number of Topliss-reactive ketones (excluding diaryl/α,β-unsaturated/α-hetero) is 1. The number of H-pyrrole nitrogens is 1. The van der Waals surface area contributed by atoms with E-state index in [0.717, 1.165) is 29.7 Å². The fraction of sp³-hybridized carbons (Fsp3) is 0.261. The van der Waals surface area contributed by atoms with Crippen molar-refractivity contribution in [2.75, 3.05) is 7.11 Å². The molecule has 3 aromatic rings. The van der Waals surface area contributed by atoms with E-state index in [4.69, 9.17) is 11.6 Å². The van der Waals surface area contributed by atoms with Gasteiger partial charge in [-0.2, -0.15) is 5.10 Å². The SMILES string of the molecule is COC(=O)c1ccc(-c2n[nH]c3c2C(C(=O)c2c(C)cccc2Cl)CCC3)cc1F. The van der Waals surface area contributed by atoms with Crippen LogP contribution in [0.25, 0.3) is 11.3 Å². The van der Waals surface area contributed by atoms with E-state index in [9.17, 15) is 14.0 Å². The zero-order chi connectivity index (χ0) is 21.4. The molecular weight excluding hydrogens is 407 g/mol. The Morgan fingerprint density at radius 1 is 1.27 bits per heavy atom. The first-order valence-electron chi connectivity index (χ1n) is 9.67. The summed E-state index contributed by atoms with van der Waals surface area (Å²) in [5.74, 6) is -1.93. The van der Waals surface area contributed by atoms with Gasteiger partial charge in [0.25, 0.3) is 0 Å². The molecule has 1 N–H and O–H groups in total. The van der Waals surface area contributed by atoms with Crippen LogP contribution in [0.4, 0.5) is 4.39 Å². The van der Waals surface area contributed by atoms with E-state index in [0.29, 0.717) is 28.3 Å². The number of fused-ring (bicyclic) bond motifs is 1. The molecule has 1 heterocycles. The number of hydrogen-bond acceptors (Lipinski definition) is 4. The molecule has 0 saturated carbocycles. The number of halogens is 2. The highest BCUT2D eigenvalue weighted by molar-refractivity contribution is 6.34. The maximum atomic E-state index is 14.5. The summed E-state index contributed by atoms with van der Waals surface area (Å²) >= 11 is 6.35. The fourth-order valence-electron chi connectivity index (χ4n) is 4.12. The zero-order valence-electron chi connectivity index (χ0n) is 16.6. The Morgan fingerprint density at radius 2 is 2.07 bits per heavy atom. The Balaban J connectivity index is 1.79. The van der Waals surface area contributed by atoms with Gasteiger partial charge in [-0.25, -0.2) is 9.18 Å². The number of ketones is 1. The van der Waals surface area contributed by atoms with Gasteiger partial charge in [0.15, 0.2) is 5.78 Å². The highest BCUT2D eigenvalue weighted by Gasteiger charge is 2.34. The van der Waals surface area contributed by atoms with Crippen molar-refractivity contribution in [3.05, 3.63) is 75.2 Å². The lowest BCUT2D eigenvalue weighted by Gasteiger charge is -2.23. The van der Waals surface area contributed by atoms with E-state index in [1.807, 2.05) is 19.1 Å². The summed E-state index contributed by atoms with van der Waals surface area (Å²) in [4.78, 5) is 25.2. The molecule has 0 aliphatic heterocycles. The van der Waals surface area contributed by atoms with E-state index < -0.39 is 17.7 Å². The number of nitrogens with zero attached hydrogens (tertiary/aromatic N) is 1. The third-order valence-corrected chi connectivity index (χ3v) is 5.90. The molecule has 7 heteroatoms. The average molecular weight is 427 g/mol. The van der Waals surface area contributed by atoms with Gasteiger partial charge < -0.3 is 4.74 Å². The van der Waals surface area contributed by atoms with Crippen LogP contribution in [0.15, 0.2) is 36.4 Å². The standard InChI is InChI=1S/C23H20ClFN2O3/c1-12-5-3-7-16(24)19(12)22(28)15-6-4-8-18-20(15)21(27-26-18)13-9-10-14(17(25)11-13)23(29)30-2/h3,5,7,9-11,15H,4,6,8H2,1-2H3,(H,26,27). The Kier molecular flexibility index (Phi) is 5.43. The number of ether oxygens (including phenoxy) is 1. The molecule has 1 aromatic heterocycles. The molecule has 1 aliphatic carbocycles. The highest BCUT2D eigenvalue weighted by Crippen LogP contribution is 2.40. The molecule has 5 nitrogen and oxygen atoms in total. The Labute approximate surface area is 178 Å². The molecule has 1 atom stereocenters. The van der Waals surface area contributed by atoms with E-state index >= 15 is 0 Å². The Bertz CT molecular complexity index is 1140. The number of carbonyl (C=O) groups is 2. The van der Waals surface area contributed by atoms with E-state index in [-0.39, 0.29) is 11.3 Å². The molecule has 0 spiro atoms. The van der Waals surface area contributed by atoms with Gasteiger partial charge in [-0.15, -0.1) is 0 Å². The molecule has 0 radical (unpaired) electrons. The molecule has 1 unspecified atom stereocenters. The number of rotatable bonds is 4. The normalized spacial score (nSPS) is 15.5. The van der Waals surface area contributed by atoms with Gasteiger partial charge in [-0.1, -0.05) is 29.8 Å². The minimum atomic E-state index is -0.745. The number of aromatic nitrogens is 2. The van der Waals surface area contributed by atoms with Gasteiger partial charge in [0.1, 0.15) is 5.82 Å². The Morgan fingerprint density at radius 3 is 2.77 bits per heavy atom. The number of benzene rings is 2. The maximum Gasteiger partial charge on any atom is 0.340 e. The highest BCUT2D eigenvalue weighted by atomic mass is 35.5. The van der Waals surface area contributed by atoms with Crippen LogP contribution in [0.2, 0.25) is 5.02 Å². The van der Waals surface area contributed by atoms with Crippen LogP contribution in [0.5, 0.6) is 0 Å². The van der Waals surface area contributed by atoms with Crippen LogP contribution < -0.4 is 0 Å². The maximum absolute atomic E-state index is 14.5. The van der Waals surface area contributed by atoms with E-state index in [1.165, 1.54) is 19.2 Å². The lowest BCUT2D eigenvalue weighted by Crippen LogP contribution is -2.20. The van der Waals surface area contributed by atoms with Gasteiger partial charge in [0.05, 0.1) is 29.3 Å². The van der Waals surface area contributed by atoms with Crippen molar-refractivity contribution >= 4 is 23.4 Å². The van der Waals surface area contributed by atoms with Gasteiger partial charge in [-0.3, -0.25) is 9.89 Å². The molecule has 2 aromatic carbocycles. The van der Waals surface area contributed by atoms with Gasteiger partial charge >= 0.3 is 5.97 Å². The van der Waals surface area contributed by atoms with Crippen molar-refractivity contribution in [3.8, 4) is 11.3 Å². The van der Waals surface area contributed by atoms with Crippen molar-refractivity contribution in [1.29, 1.82) is 0 Å². The molecule has 30 heavy (non-hydrogen) atoms. The van der Waals surface area contributed by atoms with Gasteiger partial charge in [0.2, 0.25) is 0 Å². The largest absolute Gasteiger partial charge is 0.465 e. The molecule has 0 amide bonds. The first-order chi connectivity index (χ1) is 14.4. The lowest BCUT2D eigenvalue weighted by molar-refractivity contribution is 0.0595. The van der Waals surface area contributed by atoms with Crippen LogP contribution >= 0.6 is 11.6 Å². The van der Waals surface area contributed by atoms with Gasteiger partial charge in [0, 0.05) is 22.4 Å². The number of aryl methyl sites for hydroxylation is 2. The number of nitrogens with one attached hydrogen (secondary N) is 1. The number of esters is 1. The summed E-state index contributed by atoms with van der Waals surface area (Å²) in [6.07, 6.45) is 2.26. The van der Waals surface area contributed by atoms with Crippen LogP contribution in [-0.2, 0) is 11.2 Å². The summed E-state index contributed by atoms with van der Waals surface area (Å²) in [6, 6.07) is 9.62. The molecule has 154 valence electrons. The lowest BCUT2D eigenvalue weighted by atomic mass is 9.79. The second-order valence-corrected chi connectivity index (χ2v) is 7.80. The van der Waals surface area contributed by atoms with E-state index in [1.54, 1.807) is 12.1 Å². The summed E-state index contributed by atoms with van der Waals surface area (Å²) in [6.45, 7) is 1.86. The molecule has 4 rings (SSSR count). The summed E-state index contributed by atoms with van der Waals surface area (Å²) in [7, 11) is 1.20. The van der Waals surface area contributed by atoms with Crippen molar-refractivity contribution in [3.63, 3.8) is 0 Å². The number of carbonyl (C=O) groups excluding carboxylic acids is 2. The van der Waals surface area contributed by atoms with Crippen LogP contribution in [0.3, 0.4) is 0 Å². The second kappa shape index (κ2) is 8.03. The average Bonchev–Trinajstić information content (AvgIpc) is 3.17. The predicted octanol–water partition coefficient (Wildman–Crippen LogP) is 5.27. The fourth-order valence-corrected chi connectivity index (χ4v) is 4.43. The quantitative estimate of drug-likeness (QED) is 0.456. The molecule has 0 bridgehead atoms. The van der Waals surface area contributed by atoms with Crippen molar-refractivity contribution in [2.24, 2.45) is 0 Å². The van der Waals surface area contributed by atoms with Crippen LogP contribution in [0.1, 0.15) is 56.3 Å². The number of methoxy groups -OCH3 is 1. The Hall–Kier alpha value is -2.99. The minimum Gasteiger partial charge on any atom is -0.465 e. The monoisotopic (exact) mass is 426 g/mol. The summed E-state index contributed by atoms with van der Waals surface area (Å²) in [5, 5.41) is 7.81. The number of hydrogen-bond donors (Lipinski definition) is 1. The molecular formula is C23H20ClFN2O3. The van der Waals surface area contributed by atoms with Crippen LogP contribution in [-0.4, -0.2) is 29.1 Å². The van der Waals surface area contributed by atoms with Crippen molar-refractivity contribution in [1.82, 2.24) is 10.2 Å². The topological polar surface area (TPSA) is 72.0 Å². The molecule has 1 aliphatic rings. The smallest absolute Gasteiger partial charge is 0.340 e. The third kappa shape index (κ3) is 3.41. The number of aromatic amines is 1. The first-order valence-corrected chi connectivity index (χ1v) is 10.0. The molecule has 0 fully saturated rings. The minimum absolute atomic E-state index is 0.0617. The van der Waals surface area contributed by atoms with Crippen LogP contribution in [0, 0.1) is 12.7 Å². The predicted molar refractivity (Wildman–Crippen MR) is 112 cm³/mol. The van der Waals surface area contributed by atoms with Crippen molar-refractivity contribution < 1.29 is 18.7 Å². The summed E-state index contributed by atoms with van der Waals surface area (Å²) in [5.41, 5.74) is 3.84. The first kappa shape index (κ1) is 20.3.